The lowest BCUT2D eigenvalue weighted by atomic mass is 9.84. The molecule has 0 saturated carbocycles. The van der Waals surface area contributed by atoms with Gasteiger partial charge in [0.1, 0.15) is 17.0 Å². The summed E-state index contributed by atoms with van der Waals surface area (Å²) in [7, 11) is 0. The van der Waals surface area contributed by atoms with E-state index < -0.39 is 5.54 Å². The Kier molecular flexibility index (Phi) is 16.1. The summed E-state index contributed by atoms with van der Waals surface area (Å²) < 4.78 is 6.08. The molecule has 0 fully saturated rings. The van der Waals surface area contributed by atoms with Gasteiger partial charge in [0.05, 0.1) is 18.4 Å². The Labute approximate surface area is 257 Å². The molecule has 1 rings (SSSR count). The predicted molar refractivity (Wildman–Crippen MR) is 179 cm³/mol. The number of anilines is 1. The Hall–Kier alpha value is -3.20. The molecule has 0 bridgehead atoms. The highest BCUT2D eigenvalue weighted by Gasteiger charge is 2.31. The van der Waals surface area contributed by atoms with Crippen LogP contribution in [0.1, 0.15) is 126 Å². The molecule has 1 aromatic carbocycles. The summed E-state index contributed by atoms with van der Waals surface area (Å²) in [6.07, 6.45) is 6.85. The Morgan fingerprint density at radius 2 is 1.74 bits per heavy atom. The lowest BCUT2D eigenvalue weighted by Gasteiger charge is -2.31. The molecule has 0 aliphatic carbocycles. The monoisotopic (exact) mass is 578 g/mol. The average molecular weight is 579 g/mol. The van der Waals surface area contributed by atoms with Crippen LogP contribution in [-0.4, -0.2) is 18.1 Å². The van der Waals surface area contributed by atoms with Crippen LogP contribution < -0.4 is 20.7 Å². The molecule has 3 unspecified atom stereocenters. The van der Waals surface area contributed by atoms with Crippen molar-refractivity contribution in [3.8, 4) is 11.8 Å². The number of carbonyl (C=O) groups is 1. The van der Waals surface area contributed by atoms with Crippen molar-refractivity contribution in [1.82, 2.24) is 10.6 Å². The highest BCUT2D eigenvalue weighted by molar-refractivity contribution is 6.00. The molecule has 1 aromatic rings. The van der Waals surface area contributed by atoms with Gasteiger partial charge in [0, 0.05) is 16.9 Å². The van der Waals surface area contributed by atoms with E-state index in [1.54, 1.807) is 0 Å². The largest absolute Gasteiger partial charge is 0.493 e. The molecule has 0 aliphatic heterocycles. The summed E-state index contributed by atoms with van der Waals surface area (Å²) in [6.45, 7) is 25.6. The second-order valence-electron chi connectivity index (χ2n) is 11.7. The molecule has 6 heteroatoms. The van der Waals surface area contributed by atoms with Crippen LogP contribution in [0.15, 0.2) is 47.3 Å². The van der Waals surface area contributed by atoms with Gasteiger partial charge in [-0.15, -0.1) is 0 Å². The van der Waals surface area contributed by atoms with Gasteiger partial charge >= 0.3 is 0 Å². The highest BCUT2D eigenvalue weighted by atomic mass is 16.5. The molecule has 3 N–H and O–H groups in total. The van der Waals surface area contributed by atoms with E-state index in [1.807, 2.05) is 39.0 Å². The van der Waals surface area contributed by atoms with Crippen molar-refractivity contribution in [2.75, 3.05) is 11.9 Å². The van der Waals surface area contributed by atoms with Crippen molar-refractivity contribution in [3.63, 3.8) is 0 Å². The number of nitrogens with one attached hydrogen (secondary N) is 3. The summed E-state index contributed by atoms with van der Waals surface area (Å²) in [5.41, 5.74) is 5.11. The Balaban J connectivity index is 3.72. The number of rotatable bonds is 19. The number of hydrogen-bond donors (Lipinski definition) is 3. The van der Waals surface area contributed by atoms with E-state index in [-0.39, 0.29) is 11.8 Å². The zero-order valence-corrected chi connectivity index (χ0v) is 28.2. The Morgan fingerprint density at radius 3 is 2.26 bits per heavy atom. The van der Waals surface area contributed by atoms with E-state index in [2.05, 4.69) is 77.1 Å². The van der Waals surface area contributed by atoms with E-state index in [0.29, 0.717) is 24.0 Å². The first-order valence-corrected chi connectivity index (χ1v) is 16.1. The fourth-order valence-corrected chi connectivity index (χ4v) is 5.06. The summed E-state index contributed by atoms with van der Waals surface area (Å²) >= 11 is 0. The first-order valence-electron chi connectivity index (χ1n) is 16.1. The lowest BCUT2D eigenvalue weighted by molar-refractivity contribution is -0.116. The fraction of sp³-hybridized carbons (Fsp3) is 0.611. The van der Waals surface area contributed by atoms with E-state index >= 15 is 0 Å². The first-order chi connectivity index (χ1) is 20.0. The molecule has 0 heterocycles. The molecule has 0 aromatic heterocycles. The van der Waals surface area contributed by atoms with Gasteiger partial charge < -0.3 is 20.7 Å². The van der Waals surface area contributed by atoms with Crippen LogP contribution in [0.25, 0.3) is 5.70 Å². The fourth-order valence-electron chi connectivity index (χ4n) is 5.06. The number of nitriles is 1. The van der Waals surface area contributed by atoms with Crippen LogP contribution in [0, 0.1) is 23.2 Å². The maximum Gasteiger partial charge on any atom is 0.272 e. The second kappa shape index (κ2) is 18.4. The van der Waals surface area contributed by atoms with Crippen LogP contribution in [0.4, 0.5) is 5.69 Å². The molecule has 42 heavy (non-hydrogen) atoms. The van der Waals surface area contributed by atoms with Crippen LogP contribution >= 0.6 is 0 Å². The molecule has 1 amide bonds. The Bertz CT molecular complexity index is 1140. The minimum atomic E-state index is -0.672. The topological polar surface area (TPSA) is 86.2 Å². The van der Waals surface area contributed by atoms with Gasteiger partial charge in [-0.1, -0.05) is 74.3 Å². The number of ether oxygens (including phenoxy) is 1. The zero-order chi connectivity index (χ0) is 31.9. The SMILES string of the molecule is C=C(CCC)N/C(C(=O)N/C(=C(/C)CC)c1cc(NC(C#N)(CCC)CC(C)CC)ccc1OCC)=C(/C)C(C)CC. The smallest absolute Gasteiger partial charge is 0.272 e. The number of amides is 1. The lowest BCUT2D eigenvalue weighted by Crippen LogP contribution is -2.38. The zero-order valence-electron chi connectivity index (χ0n) is 28.2. The van der Waals surface area contributed by atoms with Gasteiger partial charge in [0.25, 0.3) is 5.91 Å². The van der Waals surface area contributed by atoms with Crippen molar-refractivity contribution in [2.45, 2.75) is 126 Å². The molecule has 0 aliphatic rings. The summed E-state index contributed by atoms with van der Waals surface area (Å²) in [5.74, 6) is 1.15. The maximum atomic E-state index is 14.0. The number of benzene rings is 1. The van der Waals surface area contributed by atoms with Gasteiger partial charge in [0.15, 0.2) is 0 Å². The van der Waals surface area contributed by atoms with Crippen LogP contribution in [0.3, 0.4) is 0 Å². The van der Waals surface area contributed by atoms with Crippen molar-refractivity contribution in [1.29, 1.82) is 5.26 Å². The van der Waals surface area contributed by atoms with Crippen LogP contribution in [0.5, 0.6) is 5.75 Å². The number of nitrogens with zero attached hydrogens (tertiary/aromatic N) is 1. The third kappa shape index (κ3) is 10.6. The van der Waals surface area contributed by atoms with Crippen molar-refractivity contribution in [3.05, 3.63) is 52.9 Å². The summed E-state index contributed by atoms with van der Waals surface area (Å²) in [5, 5.41) is 20.6. The van der Waals surface area contributed by atoms with E-state index in [1.165, 1.54) is 0 Å². The maximum absolute atomic E-state index is 14.0. The Morgan fingerprint density at radius 1 is 1.05 bits per heavy atom. The van der Waals surface area contributed by atoms with Crippen LogP contribution in [-0.2, 0) is 4.79 Å². The molecule has 3 atom stereocenters. The average Bonchev–Trinajstić information content (AvgIpc) is 2.98. The molecular formula is C36H58N4O2. The van der Waals surface area contributed by atoms with Crippen molar-refractivity contribution in [2.24, 2.45) is 11.8 Å². The third-order valence-corrected chi connectivity index (χ3v) is 8.24. The first kappa shape index (κ1) is 36.8. The van der Waals surface area contributed by atoms with Crippen LogP contribution in [0.2, 0.25) is 0 Å². The molecule has 0 radical (unpaired) electrons. The number of allylic oxidation sites excluding steroid dienone is 3. The summed E-state index contributed by atoms with van der Waals surface area (Å²) in [4.78, 5) is 14.0. The number of carbonyl (C=O) groups excluding carboxylic acids is 1. The molecule has 6 nitrogen and oxygen atoms in total. The second-order valence-corrected chi connectivity index (χ2v) is 11.7. The van der Waals surface area contributed by atoms with Gasteiger partial charge in [-0.25, -0.2) is 0 Å². The minimum Gasteiger partial charge on any atom is -0.493 e. The molecule has 234 valence electrons. The minimum absolute atomic E-state index is 0.192. The van der Waals surface area contributed by atoms with Gasteiger partial charge in [-0.3, -0.25) is 4.79 Å². The third-order valence-electron chi connectivity index (χ3n) is 8.24. The molecular weight excluding hydrogens is 520 g/mol. The van der Waals surface area contributed by atoms with Gasteiger partial charge in [0.2, 0.25) is 0 Å². The highest BCUT2D eigenvalue weighted by Crippen LogP contribution is 2.34. The van der Waals surface area contributed by atoms with Gasteiger partial charge in [-0.05, 0) is 94.1 Å². The number of hydrogen-bond acceptors (Lipinski definition) is 5. The molecule has 0 saturated heterocycles. The van der Waals surface area contributed by atoms with E-state index in [9.17, 15) is 10.1 Å². The summed E-state index contributed by atoms with van der Waals surface area (Å²) in [6, 6.07) is 8.55. The van der Waals surface area contributed by atoms with E-state index in [4.69, 9.17) is 4.74 Å². The molecule has 0 spiro atoms. The predicted octanol–water partition coefficient (Wildman–Crippen LogP) is 9.48. The van der Waals surface area contributed by atoms with Gasteiger partial charge in [-0.2, -0.15) is 5.26 Å². The quantitative estimate of drug-likeness (QED) is 0.142. The standard InChI is InChI=1S/C36H58N4O2/c1-12-18-28(10)38-34(29(11)26(8)15-4)35(41)39-33(27(9)16-5)31-22-30(19-20-32(31)42-17-6)40-36(24-37,21-13-2)23-25(7)14-3/h19-20,22,25-26,38,40H,10,12-18,21,23H2,1-9,11H3,(H,39,41)/b33-27-,34-29-. The normalized spacial score (nSPS) is 15.3. The van der Waals surface area contributed by atoms with Crippen molar-refractivity contribution < 1.29 is 9.53 Å². The van der Waals surface area contributed by atoms with Crippen molar-refractivity contribution >= 4 is 17.3 Å². The van der Waals surface area contributed by atoms with E-state index in [0.717, 1.165) is 85.2 Å².